The summed E-state index contributed by atoms with van der Waals surface area (Å²) in [5, 5.41) is 4.42. The van der Waals surface area contributed by atoms with Gasteiger partial charge in [0.15, 0.2) is 0 Å². The summed E-state index contributed by atoms with van der Waals surface area (Å²) in [6, 6.07) is 59.6. The zero-order valence-electron chi connectivity index (χ0n) is 25.0. The Labute approximate surface area is 266 Å². The summed E-state index contributed by atoms with van der Waals surface area (Å²) in [5.41, 5.74) is 10.8. The Bertz CT molecular complexity index is 2520. The van der Waals surface area contributed by atoms with Gasteiger partial charge in [-0.15, -0.1) is 0 Å². The molecule has 216 valence electrons. The monoisotopic (exact) mass is 588 g/mol. The molecule has 9 aromatic rings. The predicted molar refractivity (Wildman–Crippen MR) is 191 cm³/mol. The Morgan fingerprint density at radius 3 is 1.67 bits per heavy atom. The minimum atomic E-state index is 0.867. The van der Waals surface area contributed by atoms with E-state index in [0.29, 0.717) is 0 Å². The summed E-state index contributed by atoms with van der Waals surface area (Å²) >= 11 is 0. The van der Waals surface area contributed by atoms with E-state index in [-0.39, 0.29) is 0 Å². The molecule has 0 atom stereocenters. The molecule has 0 saturated heterocycles. The van der Waals surface area contributed by atoms with Crippen molar-refractivity contribution in [3.8, 4) is 56.0 Å². The molecule has 0 aliphatic heterocycles. The molecule has 0 amide bonds. The summed E-state index contributed by atoms with van der Waals surface area (Å²) in [6.07, 6.45) is 0. The van der Waals surface area contributed by atoms with E-state index in [1.54, 1.807) is 0 Å². The molecule has 2 aromatic heterocycles. The molecule has 0 unspecified atom stereocenters. The smallest absolute Gasteiger partial charge is 0.143 e. The predicted octanol–water partition coefficient (Wildman–Crippen LogP) is 12.7. The third kappa shape index (κ3) is 4.35. The lowest BCUT2D eigenvalue weighted by molar-refractivity contribution is 0.602. The molecule has 2 heteroatoms. The summed E-state index contributed by atoms with van der Waals surface area (Å²) in [5.74, 6) is 1.74. The summed E-state index contributed by atoms with van der Waals surface area (Å²) in [6.45, 7) is 0. The molecule has 46 heavy (non-hydrogen) atoms. The van der Waals surface area contributed by atoms with Crippen LogP contribution in [-0.4, -0.2) is 0 Å². The summed E-state index contributed by atoms with van der Waals surface area (Å²) < 4.78 is 13.1. The largest absolute Gasteiger partial charge is 0.456 e. The van der Waals surface area contributed by atoms with Gasteiger partial charge in [0.1, 0.15) is 22.7 Å². The van der Waals surface area contributed by atoms with Crippen LogP contribution in [-0.2, 0) is 0 Å². The SMILES string of the molecule is c1ccc(-c2cccc(-c3oc(-c4cccc(-c5ccc6oc7ccccc7c6c5)c4-c4ccccc4)c4ccccc34)c2)cc1. The maximum absolute atomic E-state index is 6.98. The number of benzene rings is 7. The molecule has 0 radical (unpaired) electrons. The quantitative estimate of drug-likeness (QED) is 0.200. The van der Waals surface area contributed by atoms with Gasteiger partial charge in [-0.25, -0.2) is 0 Å². The fourth-order valence-corrected chi connectivity index (χ4v) is 6.77. The van der Waals surface area contributed by atoms with Crippen LogP contribution in [0.5, 0.6) is 0 Å². The Morgan fingerprint density at radius 2 is 0.870 bits per heavy atom. The van der Waals surface area contributed by atoms with Crippen LogP contribution >= 0.6 is 0 Å². The van der Waals surface area contributed by atoms with Gasteiger partial charge in [0, 0.05) is 38.2 Å². The molecular formula is C44H28O2. The fourth-order valence-electron chi connectivity index (χ4n) is 6.77. The highest BCUT2D eigenvalue weighted by atomic mass is 16.3. The van der Waals surface area contributed by atoms with Crippen molar-refractivity contribution < 1.29 is 8.83 Å². The van der Waals surface area contributed by atoms with Gasteiger partial charge >= 0.3 is 0 Å². The summed E-state index contributed by atoms with van der Waals surface area (Å²) in [4.78, 5) is 0. The maximum Gasteiger partial charge on any atom is 0.143 e. The van der Waals surface area contributed by atoms with Crippen LogP contribution in [0, 0.1) is 0 Å². The van der Waals surface area contributed by atoms with E-state index in [2.05, 4.69) is 152 Å². The first-order valence-corrected chi connectivity index (χ1v) is 15.6. The molecule has 0 aliphatic carbocycles. The van der Waals surface area contributed by atoms with Crippen molar-refractivity contribution in [1.82, 2.24) is 0 Å². The van der Waals surface area contributed by atoms with Gasteiger partial charge in [-0.1, -0.05) is 146 Å². The first-order chi connectivity index (χ1) is 22.8. The Morgan fingerprint density at radius 1 is 0.283 bits per heavy atom. The average Bonchev–Trinajstić information content (AvgIpc) is 3.71. The van der Waals surface area contributed by atoms with E-state index in [1.807, 2.05) is 18.2 Å². The van der Waals surface area contributed by atoms with Gasteiger partial charge < -0.3 is 8.83 Å². The van der Waals surface area contributed by atoms with Gasteiger partial charge in [-0.05, 0) is 52.1 Å². The van der Waals surface area contributed by atoms with E-state index in [1.165, 1.54) is 5.56 Å². The van der Waals surface area contributed by atoms with Crippen LogP contribution in [0.15, 0.2) is 179 Å². The van der Waals surface area contributed by atoms with E-state index in [9.17, 15) is 0 Å². The number of furan rings is 2. The molecule has 0 saturated carbocycles. The minimum Gasteiger partial charge on any atom is -0.456 e. The molecule has 0 bridgehead atoms. The molecule has 0 N–H and O–H groups in total. The lowest BCUT2D eigenvalue weighted by Crippen LogP contribution is -1.90. The Kier molecular flexibility index (Phi) is 6.17. The van der Waals surface area contributed by atoms with Gasteiger partial charge in [0.25, 0.3) is 0 Å². The molecule has 0 aliphatic rings. The maximum atomic E-state index is 6.98. The number of rotatable bonds is 5. The van der Waals surface area contributed by atoms with Crippen molar-refractivity contribution in [3.63, 3.8) is 0 Å². The summed E-state index contributed by atoms with van der Waals surface area (Å²) in [7, 11) is 0. The van der Waals surface area contributed by atoms with Crippen LogP contribution < -0.4 is 0 Å². The first-order valence-electron chi connectivity index (χ1n) is 15.6. The molecule has 0 spiro atoms. The second-order valence-corrected chi connectivity index (χ2v) is 11.7. The van der Waals surface area contributed by atoms with Crippen LogP contribution in [0.3, 0.4) is 0 Å². The third-order valence-corrected chi connectivity index (χ3v) is 8.91. The molecule has 0 fully saturated rings. The van der Waals surface area contributed by atoms with Crippen LogP contribution in [0.1, 0.15) is 0 Å². The zero-order chi connectivity index (χ0) is 30.5. The van der Waals surface area contributed by atoms with Gasteiger partial charge in [-0.3, -0.25) is 0 Å². The minimum absolute atomic E-state index is 0.867. The average molecular weight is 589 g/mol. The second-order valence-electron chi connectivity index (χ2n) is 11.7. The van der Waals surface area contributed by atoms with E-state index in [4.69, 9.17) is 8.83 Å². The molecule has 2 heterocycles. The van der Waals surface area contributed by atoms with Crippen molar-refractivity contribution in [2.45, 2.75) is 0 Å². The van der Waals surface area contributed by atoms with Crippen LogP contribution in [0.4, 0.5) is 0 Å². The molecular weight excluding hydrogens is 560 g/mol. The topological polar surface area (TPSA) is 26.3 Å². The molecule has 9 rings (SSSR count). The van der Waals surface area contributed by atoms with Gasteiger partial charge in [0.2, 0.25) is 0 Å². The van der Waals surface area contributed by atoms with Crippen molar-refractivity contribution in [3.05, 3.63) is 170 Å². The third-order valence-electron chi connectivity index (χ3n) is 8.91. The zero-order valence-corrected chi connectivity index (χ0v) is 25.0. The molecule has 2 nitrogen and oxygen atoms in total. The van der Waals surface area contributed by atoms with Gasteiger partial charge in [0.05, 0.1) is 0 Å². The lowest BCUT2D eigenvalue weighted by atomic mass is 9.88. The van der Waals surface area contributed by atoms with E-state index in [0.717, 1.165) is 83.2 Å². The highest BCUT2D eigenvalue weighted by Crippen LogP contribution is 2.46. The van der Waals surface area contributed by atoms with Crippen molar-refractivity contribution in [2.75, 3.05) is 0 Å². The second kappa shape index (κ2) is 10.8. The number of hydrogen-bond donors (Lipinski definition) is 0. The van der Waals surface area contributed by atoms with Crippen LogP contribution in [0.2, 0.25) is 0 Å². The van der Waals surface area contributed by atoms with Crippen molar-refractivity contribution >= 4 is 32.7 Å². The van der Waals surface area contributed by atoms with Crippen molar-refractivity contribution in [2.24, 2.45) is 0 Å². The number of para-hydroxylation sites is 1. The standard InChI is InChI=1S/C44H28O2/c1-3-13-29(14-4-1)31-17-11-18-33(27-31)43-36-20-7-8-21-37(36)44(46-43)38-23-12-22-34(42(38)30-15-5-2-6-16-30)32-25-26-41-39(28-32)35-19-9-10-24-40(35)45-41/h1-28H. The highest BCUT2D eigenvalue weighted by molar-refractivity contribution is 6.09. The van der Waals surface area contributed by atoms with Crippen molar-refractivity contribution in [1.29, 1.82) is 0 Å². The highest BCUT2D eigenvalue weighted by Gasteiger charge is 2.22. The van der Waals surface area contributed by atoms with E-state index < -0.39 is 0 Å². The lowest BCUT2D eigenvalue weighted by Gasteiger charge is -2.15. The molecule has 7 aromatic carbocycles. The van der Waals surface area contributed by atoms with Crippen LogP contribution in [0.25, 0.3) is 88.7 Å². The van der Waals surface area contributed by atoms with Gasteiger partial charge in [-0.2, -0.15) is 0 Å². The first kappa shape index (κ1) is 26.3. The Balaban J connectivity index is 1.28. The fraction of sp³-hybridized carbons (Fsp3) is 0. The normalized spacial score (nSPS) is 11.5. The number of fused-ring (bicyclic) bond motifs is 4. The number of hydrogen-bond acceptors (Lipinski definition) is 2. The van der Waals surface area contributed by atoms with E-state index >= 15 is 0 Å². The Hall–Kier alpha value is -6.12.